The van der Waals surface area contributed by atoms with Gasteiger partial charge in [-0.1, -0.05) is 22.0 Å². The number of hydrogen-bond acceptors (Lipinski definition) is 2. The van der Waals surface area contributed by atoms with E-state index in [-0.39, 0.29) is 0 Å². The van der Waals surface area contributed by atoms with Crippen molar-refractivity contribution in [2.45, 2.75) is 24.7 Å². The average molecular weight is 392 g/mol. The molecule has 1 aromatic carbocycles. The molecular weight excluding hydrogens is 379 g/mol. The summed E-state index contributed by atoms with van der Waals surface area (Å²) in [5.41, 5.74) is -0.393. The fourth-order valence-corrected chi connectivity index (χ4v) is 3.46. The highest BCUT2D eigenvalue weighted by Gasteiger charge is 2.57. The monoisotopic (exact) mass is 391 g/mol. The Hall–Kier alpha value is -1.77. The summed E-state index contributed by atoms with van der Waals surface area (Å²) in [6.45, 7) is 0.873. The van der Waals surface area contributed by atoms with Crippen LogP contribution in [0.5, 0.6) is 0 Å². The van der Waals surface area contributed by atoms with Crippen LogP contribution in [0.4, 0.5) is 23.7 Å². The second-order valence-electron chi connectivity index (χ2n) is 5.75. The van der Waals surface area contributed by atoms with Crippen molar-refractivity contribution in [3.8, 4) is 0 Å². The van der Waals surface area contributed by atoms with Gasteiger partial charge in [-0.2, -0.15) is 13.2 Å². The standard InChI is InChI=1S/C14H13BrF3N3O2/c1-13(21-6-10(14(16,17)18)19-12(21)23)8-4-3-7(15)5-9(8)20(2)11(13)22/h3-5,10H,6H2,1-2H3,(H,19,23)/t10-,13+/m0/s1. The van der Waals surface area contributed by atoms with Gasteiger partial charge in [0.15, 0.2) is 0 Å². The van der Waals surface area contributed by atoms with Gasteiger partial charge in [-0.15, -0.1) is 0 Å². The highest BCUT2D eigenvalue weighted by Crippen LogP contribution is 2.45. The molecule has 0 aliphatic carbocycles. The van der Waals surface area contributed by atoms with Crippen molar-refractivity contribution in [2.24, 2.45) is 0 Å². The molecule has 23 heavy (non-hydrogen) atoms. The first-order valence-corrected chi connectivity index (χ1v) is 7.59. The minimum absolute atomic E-state index is 0.441. The van der Waals surface area contributed by atoms with Gasteiger partial charge < -0.3 is 15.1 Å². The first-order valence-electron chi connectivity index (χ1n) is 6.80. The molecule has 1 fully saturated rings. The molecule has 2 aliphatic heterocycles. The molecule has 0 bridgehead atoms. The molecule has 0 unspecified atom stereocenters. The van der Waals surface area contributed by atoms with E-state index in [1.54, 1.807) is 18.2 Å². The molecule has 1 N–H and O–H groups in total. The van der Waals surface area contributed by atoms with Crippen LogP contribution in [0.1, 0.15) is 12.5 Å². The molecule has 5 nitrogen and oxygen atoms in total. The number of carbonyl (C=O) groups excluding carboxylic acids is 2. The van der Waals surface area contributed by atoms with E-state index in [9.17, 15) is 22.8 Å². The van der Waals surface area contributed by atoms with Crippen LogP contribution >= 0.6 is 15.9 Å². The van der Waals surface area contributed by atoms with Crippen LogP contribution in [0.25, 0.3) is 0 Å². The molecule has 3 amide bonds. The van der Waals surface area contributed by atoms with Crippen molar-refractivity contribution in [1.82, 2.24) is 10.2 Å². The third-order valence-electron chi connectivity index (χ3n) is 4.41. The molecule has 2 atom stereocenters. The van der Waals surface area contributed by atoms with Gasteiger partial charge in [0, 0.05) is 17.1 Å². The molecule has 0 saturated carbocycles. The number of urea groups is 1. The number of hydrogen-bond donors (Lipinski definition) is 1. The van der Waals surface area contributed by atoms with Crippen LogP contribution in [-0.2, 0) is 10.3 Å². The first-order chi connectivity index (χ1) is 10.6. The van der Waals surface area contributed by atoms with E-state index >= 15 is 0 Å². The zero-order valence-electron chi connectivity index (χ0n) is 12.2. The Balaban J connectivity index is 2.06. The Morgan fingerprint density at radius 3 is 2.57 bits per heavy atom. The third kappa shape index (κ3) is 2.20. The summed E-state index contributed by atoms with van der Waals surface area (Å²) >= 11 is 3.30. The summed E-state index contributed by atoms with van der Waals surface area (Å²) in [6.07, 6.45) is -4.56. The number of fused-ring (bicyclic) bond motifs is 1. The van der Waals surface area contributed by atoms with Crippen LogP contribution in [-0.4, -0.2) is 42.6 Å². The van der Waals surface area contributed by atoms with Gasteiger partial charge in [0.2, 0.25) is 0 Å². The van der Waals surface area contributed by atoms with Gasteiger partial charge in [-0.05, 0) is 19.1 Å². The highest BCUT2D eigenvalue weighted by atomic mass is 79.9. The zero-order valence-corrected chi connectivity index (χ0v) is 13.8. The Morgan fingerprint density at radius 1 is 1.35 bits per heavy atom. The van der Waals surface area contributed by atoms with E-state index in [0.717, 1.165) is 9.37 Å². The summed E-state index contributed by atoms with van der Waals surface area (Å²) in [4.78, 5) is 27.1. The molecular formula is C14H13BrF3N3O2. The largest absolute Gasteiger partial charge is 0.410 e. The van der Waals surface area contributed by atoms with Gasteiger partial charge in [0.05, 0.1) is 12.2 Å². The first kappa shape index (κ1) is 16.1. The summed E-state index contributed by atoms with van der Waals surface area (Å²) in [7, 11) is 1.54. The predicted octanol–water partition coefficient (Wildman–Crippen LogP) is 2.60. The van der Waals surface area contributed by atoms with E-state index in [2.05, 4.69) is 15.9 Å². The summed E-state index contributed by atoms with van der Waals surface area (Å²) in [6, 6.07) is 2.17. The van der Waals surface area contributed by atoms with Crippen molar-refractivity contribution in [3.63, 3.8) is 0 Å². The number of alkyl halides is 3. The number of rotatable bonds is 1. The molecule has 0 aromatic heterocycles. The number of nitrogens with one attached hydrogen (secondary N) is 1. The van der Waals surface area contributed by atoms with Crippen molar-refractivity contribution in [3.05, 3.63) is 28.2 Å². The molecule has 1 saturated heterocycles. The molecule has 0 spiro atoms. The van der Waals surface area contributed by atoms with E-state index in [4.69, 9.17) is 0 Å². The highest BCUT2D eigenvalue weighted by molar-refractivity contribution is 9.10. The maximum atomic E-state index is 12.9. The van der Waals surface area contributed by atoms with E-state index in [0.29, 0.717) is 11.3 Å². The lowest BCUT2D eigenvalue weighted by molar-refractivity contribution is -0.152. The Labute approximate surface area is 138 Å². The van der Waals surface area contributed by atoms with Gasteiger partial charge in [0.1, 0.15) is 11.6 Å². The topological polar surface area (TPSA) is 52.7 Å². The fourth-order valence-electron chi connectivity index (χ4n) is 3.12. The minimum atomic E-state index is -4.56. The van der Waals surface area contributed by atoms with Crippen LogP contribution < -0.4 is 10.2 Å². The number of likely N-dealkylation sites (N-methyl/N-ethyl adjacent to an activating group) is 1. The SMILES string of the molecule is CN1C(=O)[C@](C)(N2C[C@@H](C(F)(F)F)NC2=O)c2ccc(Br)cc21. The van der Waals surface area contributed by atoms with Gasteiger partial charge in [-0.3, -0.25) is 4.79 Å². The Bertz CT molecular complexity index is 709. The zero-order chi connectivity index (χ0) is 17.2. The maximum Gasteiger partial charge on any atom is 0.410 e. The lowest BCUT2D eigenvalue weighted by atomic mass is 9.91. The number of nitrogens with zero attached hydrogens (tertiary/aromatic N) is 2. The number of carbonyl (C=O) groups is 2. The normalized spacial score (nSPS) is 27.5. The van der Waals surface area contributed by atoms with Gasteiger partial charge >= 0.3 is 12.2 Å². The molecule has 3 rings (SSSR count). The molecule has 2 aliphatic rings. The smallest absolute Gasteiger partial charge is 0.324 e. The lowest BCUT2D eigenvalue weighted by Gasteiger charge is -2.33. The second-order valence-corrected chi connectivity index (χ2v) is 6.67. The maximum absolute atomic E-state index is 12.9. The fraction of sp³-hybridized carbons (Fsp3) is 0.429. The summed E-state index contributed by atoms with van der Waals surface area (Å²) in [5, 5.41) is 1.91. The number of benzene rings is 1. The van der Waals surface area contributed by atoms with Crippen molar-refractivity contribution in [1.29, 1.82) is 0 Å². The molecule has 0 radical (unpaired) electrons. The van der Waals surface area contributed by atoms with Crippen LogP contribution in [0.15, 0.2) is 22.7 Å². The second kappa shape index (κ2) is 4.86. The summed E-state index contributed by atoms with van der Waals surface area (Å²) < 4.78 is 39.4. The molecule has 124 valence electrons. The minimum Gasteiger partial charge on any atom is -0.324 e. The summed E-state index contributed by atoms with van der Waals surface area (Å²) in [5.74, 6) is -0.441. The molecule has 2 heterocycles. The average Bonchev–Trinajstić information content (AvgIpc) is 2.94. The van der Waals surface area contributed by atoms with Crippen molar-refractivity contribution >= 4 is 33.6 Å². The quantitative estimate of drug-likeness (QED) is 0.799. The van der Waals surface area contributed by atoms with E-state index in [1.807, 2.05) is 5.32 Å². The van der Waals surface area contributed by atoms with Crippen molar-refractivity contribution in [2.75, 3.05) is 18.5 Å². The van der Waals surface area contributed by atoms with Gasteiger partial charge in [0.25, 0.3) is 5.91 Å². The third-order valence-corrected chi connectivity index (χ3v) is 4.90. The molecule has 9 heteroatoms. The molecule has 1 aromatic rings. The number of amides is 3. The van der Waals surface area contributed by atoms with Crippen molar-refractivity contribution < 1.29 is 22.8 Å². The van der Waals surface area contributed by atoms with E-state index < -0.39 is 36.2 Å². The van der Waals surface area contributed by atoms with Gasteiger partial charge in [-0.25, -0.2) is 4.79 Å². The number of halogens is 4. The van der Waals surface area contributed by atoms with E-state index in [1.165, 1.54) is 18.9 Å². The van der Waals surface area contributed by atoms with Crippen LogP contribution in [0, 0.1) is 0 Å². The van der Waals surface area contributed by atoms with Crippen LogP contribution in [0.3, 0.4) is 0 Å². The predicted molar refractivity (Wildman–Crippen MR) is 80.0 cm³/mol. The Kier molecular flexibility index (Phi) is 3.40. The van der Waals surface area contributed by atoms with Crippen LogP contribution in [0.2, 0.25) is 0 Å². The lowest BCUT2D eigenvalue weighted by Crippen LogP contribution is -2.52. The Morgan fingerprint density at radius 2 is 2.00 bits per heavy atom. The number of anilines is 1.